The predicted molar refractivity (Wildman–Crippen MR) is 41.6 cm³/mol. The maximum Gasteiger partial charge on any atom is 0.0904 e. The third-order valence-corrected chi connectivity index (χ3v) is 1.17. The molecule has 52 valence electrons. The van der Waals surface area contributed by atoms with Crippen molar-refractivity contribution < 1.29 is 0 Å². The highest BCUT2D eigenvalue weighted by Gasteiger charge is 1.93. The maximum absolute atomic E-state index is 3.86. The largest absolute Gasteiger partial charge is 0.363 e. The number of hydrogen-bond acceptors (Lipinski definition) is 1. The van der Waals surface area contributed by atoms with Gasteiger partial charge in [-0.05, 0) is 13.8 Å². The van der Waals surface area contributed by atoms with Crippen molar-refractivity contribution in [3.8, 4) is 0 Å². The van der Waals surface area contributed by atoms with Gasteiger partial charge in [0, 0.05) is 19.3 Å². The molecule has 0 bridgehead atoms. The van der Waals surface area contributed by atoms with E-state index in [9.17, 15) is 0 Å². The molecule has 2 nitrogen and oxygen atoms in total. The lowest BCUT2D eigenvalue weighted by atomic mass is 10.4. The molecule has 0 N–H and O–H groups in total. The molecule has 0 unspecified atom stereocenters. The van der Waals surface area contributed by atoms with Crippen molar-refractivity contribution in [1.82, 2.24) is 4.90 Å². The minimum Gasteiger partial charge on any atom is -0.363 e. The summed E-state index contributed by atoms with van der Waals surface area (Å²) in [4.78, 5) is 5.87. The lowest BCUT2D eigenvalue weighted by Crippen LogP contribution is -2.24. The van der Waals surface area contributed by atoms with Gasteiger partial charge < -0.3 is 4.90 Å². The standard InChI is InChI=1S/C7H14N2/c1-5-8-6-9(4)7(2)3/h5-7H,1H2,2-4H3/b8-6-. The van der Waals surface area contributed by atoms with E-state index < -0.39 is 0 Å². The van der Waals surface area contributed by atoms with E-state index >= 15 is 0 Å². The lowest BCUT2D eigenvalue weighted by Gasteiger charge is -2.16. The number of rotatable bonds is 3. The van der Waals surface area contributed by atoms with Crippen LogP contribution in [0.1, 0.15) is 13.8 Å². The van der Waals surface area contributed by atoms with E-state index in [1.165, 1.54) is 6.20 Å². The Kier molecular flexibility index (Phi) is 3.76. The van der Waals surface area contributed by atoms with Gasteiger partial charge in [-0.15, -0.1) is 0 Å². The van der Waals surface area contributed by atoms with Crippen molar-refractivity contribution >= 4 is 6.34 Å². The zero-order chi connectivity index (χ0) is 7.28. The Bertz CT molecular complexity index is 105. The topological polar surface area (TPSA) is 15.6 Å². The van der Waals surface area contributed by atoms with Crippen LogP contribution in [-0.4, -0.2) is 24.3 Å². The normalized spacial score (nSPS) is 10.7. The first-order valence-corrected chi connectivity index (χ1v) is 3.04. The van der Waals surface area contributed by atoms with E-state index in [2.05, 4.69) is 25.4 Å². The summed E-state index contributed by atoms with van der Waals surface area (Å²) in [6.45, 7) is 7.68. The van der Waals surface area contributed by atoms with Crippen LogP contribution in [0.2, 0.25) is 0 Å². The average Bonchev–Trinajstić information content (AvgIpc) is 1.82. The van der Waals surface area contributed by atoms with Gasteiger partial charge in [-0.25, -0.2) is 4.99 Å². The highest BCUT2D eigenvalue weighted by molar-refractivity contribution is 5.55. The highest BCUT2D eigenvalue weighted by atomic mass is 15.1. The molecule has 0 amide bonds. The van der Waals surface area contributed by atoms with Gasteiger partial charge in [-0.3, -0.25) is 0 Å². The third kappa shape index (κ3) is 3.76. The Labute approximate surface area is 56.9 Å². The minimum atomic E-state index is 0.508. The summed E-state index contributed by atoms with van der Waals surface area (Å²) in [5.74, 6) is 0. The molecule has 0 fully saturated rings. The predicted octanol–water partition coefficient (Wildman–Crippen LogP) is 1.50. The molecule has 0 aromatic carbocycles. The second-order valence-corrected chi connectivity index (χ2v) is 2.21. The summed E-state index contributed by atoms with van der Waals surface area (Å²) >= 11 is 0. The minimum absolute atomic E-state index is 0.508. The zero-order valence-electron chi connectivity index (χ0n) is 6.33. The van der Waals surface area contributed by atoms with Crippen LogP contribution in [0.4, 0.5) is 0 Å². The monoisotopic (exact) mass is 126 g/mol. The van der Waals surface area contributed by atoms with Crippen LogP contribution in [0, 0.1) is 0 Å². The van der Waals surface area contributed by atoms with Crippen LogP contribution in [0.15, 0.2) is 17.8 Å². The molecule has 0 aromatic rings. The fourth-order valence-corrected chi connectivity index (χ4v) is 0.286. The van der Waals surface area contributed by atoms with E-state index in [4.69, 9.17) is 0 Å². The van der Waals surface area contributed by atoms with E-state index in [0.717, 1.165) is 0 Å². The quantitative estimate of drug-likeness (QED) is 0.413. The van der Waals surface area contributed by atoms with Crippen molar-refractivity contribution in [1.29, 1.82) is 0 Å². The molecule has 0 saturated heterocycles. The van der Waals surface area contributed by atoms with Crippen molar-refractivity contribution in [2.45, 2.75) is 19.9 Å². The van der Waals surface area contributed by atoms with Gasteiger partial charge in [0.15, 0.2) is 0 Å². The van der Waals surface area contributed by atoms with E-state index in [1.54, 1.807) is 6.34 Å². The summed E-state index contributed by atoms with van der Waals surface area (Å²) in [6.07, 6.45) is 3.29. The van der Waals surface area contributed by atoms with Crippen LogP contribution < -0.4 is 0 Å². The Balaban J connectivity index is 3.61. The molecule has 0 aliphatic carbocycles. The summed E-state index contributed by atoms with van der Waals surface area (Å²) in [5.41, 5.74) is 0. The van der Waals surface area contributed by atoms with Crippen molar-refractivity contribution in [2.75, 3.05) is 7.05 Å². The molecule has 0 rings (SSSR count). The Morgan fingerprint density at radius 2 is 2.11 bits per heavy atom. The first kappa shape index (κ1) is 8.21. The SMILES string of the molecule is C=C/N=C\N(C)C(C)C. The molecule has 0 aliphatic rings. The molecule has 0 saturated carbocycles. The van der Waals surface area contributed by atoms with Crippen molar-refractivity contribution in [3.63, 3.8) is 0 Å². The molecular weight excluding hydrogens is 112 g/mol. The number of hydrogen-bond donors (Lipinski definition) is 0. The van der Waals surface area contributed by atoms with Gasteiger partial charge >= 0.3 is 0 Å². The van der Waals surface area contributed by atoms with Gasteiger partial charge in [-0.2, -0.15) is 0 Å². The van der Waals surface area contributed by atoms with Gasteiger partial charge in [0.05, 0.1) is 6.34 Å². The van der Waals surface area contributed by atoms with E-state index in [1.807, 2.05) is 11.9 Å². The summed E-state index contributed by atoms with van der Waals surface area (Å²) in [7, 11) is 1.98. The fourth-order valence-electron chi connectivity index (χ4n) is 0.286. The Morgan fingerprint density at radius 3 is 2.44 bits per heavy atom. The van der Waals surface area contributed by atoms with E-state index in [-0.39, 0.29) is 0 Å². The summed E-state index contributed by atoms with van der Waals surface area (Å²) in [5, 5.41) is 0. The van der Waals surface area contributed by atoms with Crippen LogP contribution in [-0.2, 0) is 0 Å². The van der Waals surface area contributed by atoms with Crippen molar-refractivity contribution in [2.24, 2.45) is 4.99 Å². The molecule has 0 aromatic heterocycles. The molecule has 0 heterocycles. The molecule has 0 aliphatic heterocycles. The van der Waals surface area contributed by atoms with Crippen LogP contribution in [0.25, 0.3) is 0 Å². The molecule has 0 radical (unpaired) electrons. The summed E-state index contributed by atoms with van der Waals surface area (Å²) in [6, 6.07) is 0.508. The molecule has 0 spiro atoms. The second kappa shape index (κ2) is 4.13. The first-order chi connectivity index (χ1) is 4.18. The van der Waals surface area contributed by atoms with Crippen LogP contribution >= 0.6 is 0 Å². The van der Waals surface area contributed by atoms with Crippen LogP contribution in [0.3, 0.4) is 0 Å². The molecule has 0 atom stereocenters. The van der Waals surface area contributed by atoms with Crippen LogP contribution in [0.5, 0.6) is 0 Å². The Morgan fingerprint density at radius 1 is 1.56 bits per heavy atom. The van der Waals surface area contributed by atoms with Gasteiger partial charge in [0.25, 0.3) is 0 Å². The van der Waals surface area contributed by atoms with Gasteiger partial charge in [-0.1, -0.05) is 6.58 Å². The molecular formula is C7H14N2. The number of nitrogens with zero attached hydrogens (tertiary/aromatic N) is 2. The maximum atomic E-state index is 3.86. The second-order valence-electron chi connectivity index (χ2n) is 2.21. The zero-order valence-corrected chi connectivity index (χ0v) is 6.33. The molecule has 9 heavy (non-hydrogen) atoms. The summed E-state index contributed by atoms with van der Waals surface area (Å²) < 4.78 is 0. The van der Waals surface area contributed by atoms with Gasteiger partial charge in [0.1, 0.15) is 0 Å². The Hall–Kier alpha value is -0.790. The van der Waals surface area contributed by atoms with Gasteiger partial charge in [0.2, 0.25) is 0 Å². The fraction of sp³-hybridized carbons (Fsp3) is 0.571. The average molecular weight is 126 g/mol. The number of aliphatic imine (C=N–C) groups is 1. The first-order valence-electron chi connectivity index (χ1n) is 3.04. The molecule has 2 heteroatoms. The lowest BCUT2D eigenvalue weighted by molar-refractivity contribution is 0.429. The highest BCUT2D eigenvalue weighted by Crippen LogP contribution is 1.87. The third-order valence-electron chi connectivity index (χ3n) is 1.17. The smallest absolute Gasteiger partial charge is 0.0904 e. The van der Waals surface area contributed by atoms with E-state index in [0.29, 0.717) is 6.04 Å². The van der Waals surface area contributed by atoms with Crippen molar-refractivity contribution in [3.05, 3.63) is 12.8 Å².